The molecule has 1 saturated carbocycles. The Kier molecular flexibility index (Phi) is 6.34. The summed E-state index contributed by atoms with van der Waals surface area (Å²) in [5.41, 5.74) is 13.1. The predicted molar refractivity (Wildman–Crippen MR) is 122 cm³/mol. The number of rotatable bonds is 8. The molecule has 2 aromatic carbocycles. The number of aryl methyl sites for hydroxylation is 1. The molecule has 1 aliphatic rings. The van der Waals surface area contributed by atoms with Gasteiger partial charge in [-0.25, -0.2) is 15.0 Å². The van der Waals surface area contributed by atoms with E-state index in [-0.39, 0.29) is 11.1 Å². The number of amides is 1. The van der Waals surface area contributed by atoms with Crippen molar-refractivity contribution in [1.82, 2.24) is 20.4 Å². The number of hydrazine groups is 1. The van der Waals surface area contributed by atoms with Crippen LogP contribution in [0.25, 0.3) is 0 Å². The van der Waals surface area contributed by atoms with Crippen LogP contribution in [0.4, 0.5) is 11.5 Å². The van der Waals surface area contributed by atoms with Gasteiger partial charge in [0.05, 0.1) is 0 Å². The number of anilines is 2. The van der Waals surface area contributed by atoms with E-state index in [9.17, 15) is 4.79 Å². The lowest BCUT2D eigenvalue weighted by Crippen LogP contribution is -2.43. The van der Waals surface area contributed by atoms with Gasteiger partial charge in [0.1, 0.15) is 12.0 Å². The van der Waals surface area contributed by atoms with Gasteiger partial charge in [-0.05, 0) is 48.6 Å². The third-order valence-corrected chi connectivity index (χ3v) is 5.62. The number of hydrogen-bond donors (Lipinski definition) is 3. The number of carbonyl (C=O) groups is 1. The van der Waals surface area contributed by atoms with Gasteiger partial charge in [0.25, 0.3) is 5.91 Å². The first-order valence-corrected chi connectivity index (χ1v) is 10.6. The lowest BCUT2D eigenvalue weighted by atomic mass is 10.0. The molecule has 1 amide bonds. The number of benzene rings is 2. The molecule has 7 nitrogen and oxygen atoms in total. The van der Waals surface area contributed by atoms with E-state index < -0.39 is 0 Å². The lowest BCUT2D eigenvalue weighted by molar-refractivity contribution is 0.0757. The summed E-state index contributed by atoms with van der Waals surface area (Å²) in [6.07, 6.45) is 3.55. The van der Waals surface area contributed by atoms with Crippen LogP contribution in [0, 0.1) is 6.92 Å². The zero-order valence-electron chi connectivity index (χ0n) is 17.3. The minimum Gasteiger partial charge on any atom is -0.393 e. The largest absolute Gasteiger partial charge is 0.393 e. The molecule has 0 unspecified atom stereocenters. The van der Waals surface area contributed by atoms with Crippen molar-refractivity contribution in [2.24, 2.45) is 0 Å². The first kappa shape index (κ1) is 21.1. The van der Waals surface area contributed by atoms with Gasteiger partial charge in [0, 0.05) is 24.7 Å². The summed E-state index contributed by atoms with van der Waals surface area (Å²) in [5.74, 6) is 0.352. The van der Waals surface area contributed by atoms with Crippen molar-refractivity contribution in [2.45, 2.75) is 38.9 Å². The van der Waals surface area contributed by atoms with E-state index in [1.165, 1.54) is 11.9 Å². The van der Waals surface area contributed by atoms with E-state index in [0.717, 1.165) is 24.0 Å². The molecule has 4 rings (SSSR count). The van der Waals surface area contributed by atoms with Crippen LogP contribution in [0.2, 0.25) is 5.15 Å². The normalized spacial score (nSPS) is 13.3. The maximum atomic E-state index is 13.0. The Morgan fingerprint density at radius 3 is 2.71 bits per heavy atom. The Labute approximate surface area is 186 Å². The topological polar surface area (TPSA) is 96.2 Å². The first-order chi connectivity index (χ1) is 15.0. The highest BCUT2D eigenvalue weighted by atomic mass is 35.5. The summed E-state index contributed by atoms with van der Waals surface area (Å²) in [5, 5.41) is 5.43. The molecule has 0 spiro atoms. The quantitative estimate of drug-likeness (QED) is 0.365. The molecule has 160 valence electrons. The van der Waals surface area contributed by atoms with E-state index in [1.807, 2.05) is 48.3 Å². The Morgan fingerprint density at radius 2 is 1.97 bits per heavy atom. The molecule has 0 bridgehead atoms. The minimum atomic E-state index is -0.117. The predicted octanol–water partition coefficient (Wildman–Crippen LogP) is 3.94. The summed E-state index contributed by atoms with van der Waals surface area (Å²) in [4.78, 5) is 21.0. The number of nitrogens with one attached hydrogen (secondary N) is 2. The van der Waals surface area contributed by atoms with Crippen molar-refractivity contribution < 1.29 is 4.79 Å². The number of halogens is 1. The van der Waals surface area contributed by atoms with E-state index >= 15 is 0 Å². The highest BCUT2D eigenvalue weighted by Gasteiger charge is 2.30. The summed E-state index contributed by atoms with van der Waals surface area (Å²) < 4.78 is 0. The first-order valence-electron chi connectivity index (χ1n) is 10.2. The zero-order valence-corrected chi connectivity index (χ0v) is 18.1. The third kappa shape index (κ3) is 5.31. The molecule has 8 heteroatoms. The van der Waals surface area contributed by atoms with Gasteiger partial charge in [0.2, 0.25) is 0 Å². The van der Waals surface area contributed by atoms with Crippen LogP contribution >= 0.6 is 11.6 Å². The van der Waals surface area contributed by atoms with E-state index in [1.54, 1.807) is 0 Å². The van der Waals surface area contributed by atoms with Gasteiger partial charge in [-0.3, -0.25) is 10.2 Å². The molecule has 0 radical (unpaired) electrons. The van der Waals surface area contributed by atoms with Crippen molar-refractivity contribution in [3.8, 4) is 0 Å². The molecule has 3 aromatic rings. The van der Waals surface area contributed by atoms with E-state index in [2.05, 4.69) is 32.8 Å². The second kappa shape index (κ2) is 9.32. The monoisotopic (exact) mass is 436 g/mol. The number of nitrogen functional groups attached to an aromatic ring is 1. The van der Waals surface area contributed by atoms with Gasteiger partial charge in [-0.2, -0.15) is 0 Å². The lowest BCUT2D eigenvalue weighted by Gasteiger charge is -2.23. The Morgan fingerprint density at radius 1 is 1.19 bits per heavy atom. The van der Waals surface area contributed by atoms with Crippen LogP contribution in [0.3, 0.4) is 0 Å². The van der Waals surface area contributed by atoms with E-state index in [4.69, 9.17) is 17.3 Å². The number of aromatic nitrogens is 2. The van der Waals surface area contributed by atoms with Crippen LogP contribution in [0.5, 0.6) is 0 Å². The fourth-order valence-electron chi connectivity index (χ4n) is 3.32. The third-order valence-electron chi connectivity index (χ3n) is 5.32. The fraction of sp³-hybridized carbons (Fsp3) is 0.261. The van der Waals surface area contributed by atoms with Gasteiger partial charge >= 0.3 is 0 Å². The molecule has 1 aromatic heterocycles. The van der Waals surface area contributed by atoms with Crippen molar-refractivity contribution in [2.75, 3.05) is 11.1 Å². The number of carbonyl (C=O) groups excluding carboxylic acids is 1. The molecule has 31 heavy (non-hydrogen) atoms. The second-order valence-electron chi connectivity index (χ2n) is 7.71. The molecule has 0 aliphatic heterocycles. The molecule has 0 saturated heterocycles. The summed E-state index contributed by atoms with van der Waals surface area (Å²) >= 11 is 5.96. The molecule has 0 atom stereocenters. The number of nitrogens with zero attached hydrogens (tertiary/aromatic N) is 3. The average molecular weight is 437 g/mol. The van der Waals surface area contributed by atoms with Gasteiger partial charge in [-0.1, -0.05) is 48.0 Å². The molecule has 1 aliphatic carbocycles. The fourth-order valence-corrected chi connectivity index (χ4v) is 3.45. The Bertz CT molecular complexity index is 1070. The van der Waals surface area contributed by atoms with Crippen molar-refractivity contribution >= 4 is 29.0 Å². The second-order valence-corrected chi connectivity index (χ2v) is 8.07. The average Bonchev–Trinajstić information content (AvgIpc) is 3.61. The van der Waals surface area contributed by atoms with Crippen LogP contribution in [-0.4, -0.2) is 26.9 Å². The summed E-state index contributed by atoms with van der Waals surface area (Å²) in [6.45, 7) is 3.15. The van der Waals surface area contributed by atoms with Crippen molar-refractivity contribution in [3.05, 3.63) is 82.3 Å². The Hall–Kier alpha value is -3.16. The Balaban J connectivity index is 1.45. The van der Waals surface area contributed by atoms with Crippen LogP contribution in [0.1, 0.15) is 39.9 Å². The highest BCUT2D eigenvalue weighted by molar-refractivity contribution is 6.32. The molecular weight excluding hydrogens is 412 g/mol. The molecular formula is C23H25ClN6O. The van der Waals surface area contributed by atoms with Crippen LogP contribution < -0.4 is 16.5 Å². The van der Waals surface area contributed by atoms with Crippen molar-refractivity contribution in [3.63, 3.8) is 0 Å². The summed E-state index contributed by atoms with van der Waals surface area (Å²) in [7, 11) is 0. The summed E-state index contributed by atoms with van der Waals surface area (Å²) in [6, 6.07) is 16.2. The minimum absolute atomic E-state index is 0.117. The molecule has 1 fully saturated rings. The van der Waals surface area contributed by atoms with Gasteiger partial charge in [0.15, 0.2) is 11.0 Å². The van der Waals surface area contributed by atoms with Crippen LogP contribution in [-0.2, 0) is 13.1 Å². The van der Waals surface area contributed by atoms with Crippen LogP contribution in [0.15, 0.2) is 54.9 Å². The zero-order chi connectivity index (χ0) is 21.8. The highest BCUT2D eigenvalue weighted by Crippen LogP contribution is 2.27. The smallest absolute Gasteiger partial charge is 0.265 e. The molecule has 4 N–H and O–H groups in total. The standard InChI is InChI=1S/C23H25ClN6O/c1-15-7-8-17(11-18(15)12-26-22-20(25)21(24)27-14-28-22)23(31)29-30(19-9-10-19)13-16-5-3-2-4-6-16/h2-8,11,14,19H,9-10,12-13,25H2,1H3,(H,29,31)(H,26,27,28). The van der Waals surface area contributed by atoms with Gasteiger partial charge in [-0.15, -0.1) is 0 Å². The maximum absolute atomic E-state index is 13.0. The van der Waals surface area contributed by atoms with Crippen molar-refractivity contribution in [1.29, 1.82) is 0 Å². The number of hydrogen-bond acceptors (Lipinski definition) is 6. The number of nitrogens with two attached hydrogens (primary N) is 1. The maximum Gasteiger partial charge on any atom is 0.265 e. The SMILES string of the molecule is Cc1ccc(C(=O)NN(Cc2ccccc2)C2CC2)cc1CNc1ncnc(Cl)c1N. The van der Waals surface area contributed by atoms with E-state index in [0.29, 0.717) is 36.2 Å². The van der Waals surface area contributed by atoms with Gasteiger partial charge < -0.3 is 11.1 Å². The molecule has 1 heterocycles.